The summed E-state index contributed by atoms with van der Waals surface area (Å²) in [5, 5.41) is 6.86. The van der Waals surface area contributed by atoms with E-state index >= 15 is 0 Å². The molecule has 0 aliphatic carbocycles. The van der Waals surface area contributed by atoms with E-state index in [4.69, 9.17) is 16.3 Å². The standard InChI is InChI=1S/C22H27ClN4O2/c1-24-22(26-13-12-25-21(28)17-3-7-19(23)8-4-17)27-14-11-18(15-27)16-5-9-20(29-2)10-6-16/h3-10,18H,11-15H2,1-2H3,(H,24,26)(H,25,28). The van der Waals surface area contributed by atoms with E-state index in [0.717, 1.165) is 31.2 Å². The lowest BCUT2D eigenvalue weighted by atomic mass is 9.98. The second kappa shape index (κ2) is 10.2. The number of methoxy groups -OCH3 is 1. The van der Waals surface area contributed by atoms with Crippen molar-refractivity contribution >= 4 is 23.5 Å². The molecular weight excluding hydrogens is 388 g/mol. The van der Waals surface area contributed by atoms with Crippen molar-refractivity contribution in [3.8, 4) is 5.75 Å². The maximum atomic E-state index is 12.1. The second-order valence-electron chi connectivity index (χ2n) is 6.94. The van der Waals surface area contributed by atoms with E-state index in [1.807, 2.05) is 12.1 Å². The Hall–Kier alpha value is -2.73. The number of halogens is 1. The first-order valence-corrected chi connectivity index (χ1v) is 10.1. The van der Waals surface area contributed by atoms with Gasteiger partial charge in [-0.1, -0.05) is 23.7 Å². The first-order valence-electron chi connectivity index (χ1n) is 9.74. The molecule has 1 atom stereocenters. The van der Waals surface area contributed by atoms with Gasteiger partial charge in [-0.15, -0.1) is 0 Å². The maximum Gasteiger partial charge on any atom is 0.251 e. The van der Waals surface area contributed by atoms with E-state index in [9.17, 15) is 4.79 Å². The molecule has 0 spiro atoms. The fourth-order valence-corrected chi connectivity index (χ4v) is 3.61. The Morgan fingerprint density at radius 2 is 1.83 bits per heavy atom. The number of ether oxygens (including phenoxy) is 1. The zero-order valence-corrected chi connectivity index (χ0v) is 17.6. The number of nitrogens with one attached hydrogen (secondary N) is 2. The van der Waals surface area contributed by atoms with Crippen molar-refractivity contribution in [1.82, 2.24) is 15.5 Å². The lowest BCUT2D eigenvalue weighted by molar-refractivity contribution is 0.0954. The number of likely N-dealkylation sites (tertiary alicyclic amines) is 1. The van der Waals surface area contributed by atoms with Gasteiger partial charge in [0.1, 0.15) is 5.75 Å². The van der Waals surface area contributed by atoms with Crippen LogP contribution in [0.5, 0.6) is 5.75 Å². The van der Waals surface area contributed by atoms with Crippen LogP contribution in [-0.2, 0) is 0 Å². The number of aliphatic imine (C=N–C) groups is 1. The number of carbonyl (C=O) groups excluding carboxylic acids is 1. The summed E-state index contributed by atoms with van der Waals surface area (Å²) in [6, 6.07) is 15.1. The lowest BCUT2D eigenvalue weighted by Gasteiger charge is -2.22. The number of carbonyl (C=O) groups is 1. The first-order chi connectivity index (χ1) is 14.1. The molecule has 0 aromatic heterocycles. The van der Waals surface area contributed by atoms with E-state index < -0.39 is 0 Å². The summed E-state index contributed by atoms with van der Waals surface area (Å²) in [6.07, 6.45) is 1.08. The average molecular weight is 415 g/mol. The monoisotopic (exact) mass is 414 g/mol. The SMILES string of the molecule is CN=C(NCCNC(=O)c1ccc(Cl)cc1)N1CCC(c2ccc(OC)cc2)C1. The number of hydrogen-bond acceptors (Lipinski definition) is 3. The molecule has 2 aromatic carbocycles. The Morgan fingerprint density at radius 1 is 1.14 bits per heavy atom. The summed E-state index contributed by atoms with van der Waals surface area (Å²) in [6.45, 7) is 2.99. The summed E-state index contributed by atoms with van der Waals surface area (Å²) in [4.78, 5) is 18.8. The Balaban J connectivity index is 1.44. The van der Waals surface area contributed by atoms with Crippen LogP contribution in [0.25, 0.3) is 0 Å². The highest BCUT2D eigenvalue weighted by Crippen LogP contribution is 2.28. The van der Waals surface area contributed by atoms with Crippen molar-refractivity contribution in [2.24, 2.45) is 4.99 Å². The average Bonchev–Trinajstić information content (AvgIpc) is 3.24. The van der Waals surface area contributed by atoms with Crippen molar-refractivity contribution < 1.29 is 9.53 Å². The van der Waals surface area contributed by atoms with Crippen LogP contribution in [0.1, 0.15) is 28.3 Å². The van der Waals surface area contributed by atoms with Crippen LogP contribution in [0, 0.1) is 0 Å². The number of hydrogen-bond donors (Lipinski definition) is 2. The van der Waals surface area contributed by atoms with E-state index in [-0.39, 0.29) is 5.91 Å². The lowest BCUT2D eigenvalue weighted by Crippen LogP contribution is -2.43. The fourth-order valence-electron chi connectivity index (χ4n) is 3.49. The Morgan fingerprint density at radius 3 is 2.48 bits per heavy atom. The van der Waals surface area contributed by atoms with E-state index in [2.05, 4.69) is 32.7 Å². The van der Waals surface area contributed by atoms with Gasteiger partial charge in [-0.2, -0.15) is 0 Å². The van der Waals surface area contributed by atoms with Crippen LogP contribution in [0.4, 0.5) is 0 Å². The zero-order valence-electron chi connectivity index (χ0n) is 16.8. The van der Waals surface area contributed by atoms with Crippen molar-refractivity contribution in [2.45, 2.75) is 12.3 Å². The summed E-state index contributed by atoms with van der Waals surface area (Å²) < 4.78 is 5.24. The summed E-state index contributed by atoms with van der Waals surface area (Å²) in [5.74, 6) is 2.10. The Kier molecular flexibility index (Phi) is 7.36. The molecule has 0 saturated carbocycles. The molecule has 29 heavy (non-hydrogen) atoms. The van der Waals surface area contributed by atoms with Gasteiger partial charge in [0.25, 0.3) is 5.91 Å². The predicted molar refractivity (Wildman–Crippen MR) is 117 cm³/mol. The molecular formula is C22H27ClN4O2. The number of rotatable bonds is 6. The highest BCUT2D eigenvalue weighted by molar-refractivity contribution is 6.30. The first kappa shape index (κ1) is 21.0. The quantitative estimate of drug-likeness (QED) is 0.433. The molecule has 1 saturated heterocycles. The molecule has 3 rings (SSSR count). The number of benzene rings is 2. The topological polar surface area (TPSA) is 66.0 Å². The van der Waals surface area contributed by atoms with E-state index in [1.165, 1.54) is 5.56 Å². The highest BCUT2D eigenvalue weighted by atomic mass is 35.5. The van der Waals surface area contributed by atoms with Crippen molar-refractivity contribution in [3.05, 3.63) is 64.7 Å². The number of amides is 1. The van der Waals surface area contributed by atoms with Gasteiger partial charge in [-0.05, 0) is 48.4 Å². The normalized spacial score (nSPS) is 16.6. The molecule has 0 bridgehead atoms. The van der Waals surface area contributed by atoms with Gasteiger partial charge in [0.05, 0.1) is 7.11 Å². The van der Waals surface area contributed by atoms with E-state index in [0.29, 0.717) is 29.6 Å². The molecule has 1 aliphatic heterocycles. The van der Waals surface area contributed by atoms with Gasteiger partial charge < -0.3 is 20.3 Å². The Bertz CT molecular complexity index is 837. The van der Waals surface area contributed by atoms with Crippen molar-refractivity contribution in [2.75, 3.05) is 40.3 Å². The molecule has 154 valence electrons. The van der Waals surface area contributed by atoms with Gasteiger partial charge >= 0.3 is 0 Å². The smallest absolute Gasteiger partial charge is 0.251 e. The fraction of sp³-hybridized carbons (Fsp3) is 0.364. The van der Waals surface area contributed by atoms with Crippen LogP contribution in [0.2, 0.25) is 5.02 Å². The molecule has 2 aromatic rings. The third-order valence-electron chi connectivity index (χ3n) is 5.09. The van der Waals surface area contributed by atoms with Crippen LogP contribution < -0.4 is 15.4 Å². The number of nitrogens with zero attached hydrogens (tertiary/aromatic N) is 2. The van der Waals surface area contributed by atoms with Crippen LogP contribution >= 0.6 is 11.6 Å². The summed E-state index contributed by atoms with van der Waals surface area (Å²) in [5.41, 5.74) is 1.92. The predicted octanol–water partition coefficient (Wildman–Crippen LogP) is 3.14. The van der Waals surface area contributed by atoms with Crippen LogP contribution in [-0.4, -0.2) is 57.1 Å². The third-order valence-corrected chi connectivity index (χ3v) is 5.34. The minimum atomic E-state index is -0.112. The zero-order chi connectivity index (χ0) is 20.6. The molecule has 1 aliphatic rings. The van der Waals surface area contributed by atoms with Crippen molar-refractivity contribution in [1.29, 1.82) is 0 Å². The van der Waals surface area contributed by atoms with Gasteiger partial charge in [0, 0.05) is 49.7 Å². The van der Waals surface area contributed by atoms with Crippen molar-refractivity contribution in [3.63, 3.8) is 0 Å². The largest absolute Gasteiger partial charge is 0.497 e. The van der Waals surface area contributed by atoms with E-state index in [1.54, 1.807) is 38.4 Å². The molecule has 1 unspecified atom stereocenters. The number of guanidine groups is 1. The summed E-state index contributed by atoms with van der Waals surface area (Å²) >= 11 is 5.85. The third kappa shape index (κ3) is 5.64. The van der Waals surface area contributed by atoms with Crippen LogP contribution in [0.15, 0.2) is 53.5 Å². The van der Waals surface area contributed by atoms with Gasteiger partial charge in [-0.25, -0.2) is 0 Å². The van der Waals surface area contributed by atoms with Crippen LogP contribution in [0.3, 0.4) is 0 Å². The molecule has 1 heterocycles. The van der Waals surface area contributed by atoms with Gasteiger partial charge in [0.2, 0.25) is 0 Å². The Labute approximate surface area is 176 Å². The van der Waals surface area contributed by atoms with Gasteiger partial charge in [-0.3, -0.25) is 9.79 Å². The molecule has 0 radical (unpaired) electrons. The molecule has 2 N–H and O–H groups in total. The molecule has 1 amide bonds. The molecule has 7 heteroatoms. The highest BCUT2D eigenvalue weighted by Gasteiger charge is 2.25. The second-order valence-corrected chi connectivity index (χ2v) is 7.38. The maximum absolute atomic E-state index is 12.1. The van der Waals surface area contributed by atoms with Gasteiger partial charge in [0.15, 0.2) is 5.96 Å². The molecule has 1 fully saturated rings. The minimum absolute atomic E-state index is 0.112. The molecule has 6 nitrogen and oxygen atoms in total. The summed E-state index contributed by atoms with van der Waals surface area (Å²) in [7, 11) is 3.47. The minimum Gasteiger partial charge on any atom is -0.497 e.